The van der Waals surface area contributed by atoms with E-state index < -0.39 is 0 Å². The quantitative estimate of drug-likeness (QED) is 0.582. The summed E-state index contributed by atoms with van der Waals surface area (Å²) in [5.74, 6) is 0.0343. The SMILES string of the molecule is N#Cc1cc2c(nc1SCCN1C(=O)c3ccccc3C1=O)CCCCCC2. The molecule has 1 aromatic carbocycles. The molecule has 5 nitrogen and oxygen atoms in total. The highest BCUT2D eigenvalue weighted by atomic mass is 32.2. The van der Waals surface area contributed by atoms with Crippen molar-refractivity contribution in [3.8, 4) is 6.07 Å². The lowest BCUT2D eigenvalue weighted by Gasteiger charge is -2.16. The zero-order valence-electron chi connectivity index (χ0n) is 15.6. The summed E-state index contributed by atoms with van der Waals surface area (Å²) >= 11 is 1.45. The Kier molecular flexibility index (Phi) is 5.45. The highest BCUT2D eigenvalue weighted by Gasteiger charge is 2.34. The monoisotopic (exact) mass is 391 g/mol. The van der Waals surface area contributed by atoms with Gasteiger partial charge < -0.3 is 0 Å². The predicted octanol–water partition coefficient (Wildman–Crippen LogP) is 4.00. The van der Waals surface area contributed by atoms with Gasteiger partial charge in [-0.25, -0.2) is 4.98 Å². The molecule has 1 aromatic heterocycles. The molecule has 2 heterocycles. The van der Waals surface area contributed by atoms with Crippen LogP contribution in [0.15, 0.2) is 35.4 Å². The maximum Gasteiger partial charge on any atom is 0.261 e. The summed E-state index contributed by atoms with van der Waals surface area (Å²) in [5.41, 5.74) is 3.82. The number of rotatable bonds is 4. The third-order valence-electron chi connectivity index (χ3n) is 5.32. The topological polar surface area (TPSA) is 74.1 Å². The zero-order valence-corrected chi connectivity index (χ0v) is 16.4. The van der Waals surface area contributed by atoms with E-state index in [0.717, 1.165) is 31.4 Å². The first kappa shape index (κ1) is 18.7. The molecule has 0 radical (unpaired) electrons. The molecule has 2 amide bonds. The molecule has 2 aliphatic rings. The standard InChI is InChI=1S/C22H21N3O2S/c23-14-16-13-15-7-3-1-2-4-10-19(15)24-20(16)28-12-11-25-21(26)17-8-5-6-9-18(17)22(25)27/h5-6,8-9,13H,1-4,7,10-12H2. The van der Waals surface area contributed by atoms with Crippen molar-refractivity contribution in [3.63, 3.8) is 0 Å². The normalized spacial score (nSPS) is 16.2. The maximum absolute atomic E-state index is 12.5. The molecule has 0 saturated carbocycles. The van der Waals surface area contributed by atoms with E-state index in [0.29, 0.717) is 34.0 Å². The van der Waals surface area contributed by atoms with Gasteiger partial charge in [-0.15, -0.1) is 11.8 Å². The van der Waals surface area contributed by atoms with E-state index in [1.807, 2.05) is 6.07 Å². The van der Waals surface area contributed by atoms with Crippen LogP contribution in [0.1, 0.15) is 63.2 Å². The lowest BCUT2D eigenvalue weighted by atomic mass is 9.96. The second-order valence-electron chi connectivity index (χ2n) is 7.13. The molecule has 4 rings (SSSR count). The van der Waals surface area contributed by atoms with Crippen molar-refractivity contribution in [2.75, 3.05) is 12.3 Å². The number of carbonyl (C=O) groups is 2. The zero-order chi connectivity index (χ0) is 19.5. The molecule has 28 heavy (non-hydrogen) atoms. The summed E-state index contributed by atoms with van der Waals surface area (Å²) in [5, 5.41) is 10.2. The van der Waals surface area contributed by atoms with Gasteiger partial charge in [0, 0.05) is 18.0 Å². The van der Waals surface area contributed by atoms with Crippen LogP contribution in [0.2, 0.25) is 0 Å². The van der Waals surface area contributed by atoms with Crippen molar-refractivity contribution in [1.82, 2.24) is 9.88 Å². The molecule has 2 aromatic rings. The van der Waals surface area contributed by atoms with Crippen LogP contribution >= 0.6 is 11.8 Å². The number of pyridine rings is 1. The smallest absolute Gasteiger partial charge is 0.261 e. The van der Waals surface area contributed by atoms with Crippen LogP contribution in [0, 0.1) is 11.3 Å². The van der Waals surface area contributed by atoms with Crippen molar-refractivity contribution in [2.45, 2.75) is 43.6 Å². The molecule has 6 heteroatoms. The van der Waals surface area contributed by atoms with Gasteiger partial charge in [-0.1, -0.05) is 25.0 Å². The van der Waals surface area contributed by atoms with Crippen molar-refractivity contribution < 1.29 is 9.59 Å². The Labute approximate surface area is 168 Å². The van der Waals surface area contributed by atoms with Gasteiger partial charge in [-0.3, -0.25) is 14.5 Å². The van der Waals surface area contributed by atoms with E-state index in [2.05, 4.69) is 6.07 Å². The molecule has 0 N–H and O–H groups in total. The number of hydrogen-bond acceptors (Lipinski definition) is 5. The van der Waals surface area contributed by atoms with Gasteiger partial charge >= 0.3 is 0 Å². The number of imide groups is 1. The van der Waals surface area contributed by atoms with Crippen molar-refractivity contribution in [1.29, 1.82) is 5.26 Å². The Morgan fingerprint density at radius 3 is 2.39 bits per heavy atom. The summed E-state index contributed by atoms with van der Waals surface area (Å²) in [6.07, 6.45) is 6.67. The lowest BCUT2D eigenvalue weighted by Crippen LogP contribution is -2.31. The molecule has 0 atom stereocenters. The number of aryl methyl sites for hydroxylation is 2. The number of nitrogens with zero attached hydrogens (tertiary/aromatic N) is 3. The van der Waals surface area contributed by atoms with Crippen molar-refractivity contribution >= 4 is 23.6 Å². The average Bonchev–Trinajstić information content (AvgIpc) is 2.94. The number of benzene rings is 1. The Balaban J connectivity index is 1.47. The fourth-order valence-electron chi connectivity index (χ4n) is 3.83. The highest BCUT2D eigenvalue weighted by Crippen LogP contribution is 2.28. The van der Waals surface area contributed by atoms with Gasteiger partial charge in [-0.2, -0.15) is 5.26 Å². The Bertz CT molecular complexity index is 945. The Morgan fingerprint density at radius 1 is 1.04 bits per heavy atom. The van der Waals surface area contributed by atoms with Crippen molar-refractivity contribution in [3.05, 3.63) is 58.3 Å². The minimum Gasteiger partial charge on any atom is -0.273 e. The summed E-state index contributed by atoms with van der Waals surface area (Å²) in [6.45, 7) is 0.306. The van der Waals surface area contributed by atoms with Crippen molar-refractivity contribution in [2.24, 2.45) is 0 Å². The largest absolute Gasteiger partial charge is 0.273 e. The third kappa shape index (κ3) is 3.55. The minimum atomic E-state index is -0.243. The van der Waals surface area contributed by atoms with Gasteiger partial charge in [-0.05, 0) is 49.4 Å². The van der Waals surface area contributed by atoms with E-state index in [9.17, 15) is 14.9 Å². The average molecular weight is 391 g/mol. The fourth-order valence-corrected chi connectivity index (χ4v) is 4.74. The second-order valence-corrected chi connectivity index (χ2v) is 8.21. The van der Waals surface area contributed by atoms with Gasteiger partial charge in [0.25, 0.3) is 11.8 Å². The highest BCUT2D eigenvalue weighted by molar-refractivity contribution is 7.99. The van der Waals surface area contributed by atoms with Crippen LogP contribution in [0.4, 0.5) is 0 Å². The number of aromatic nitrogens is 1. The first-order valence-corrected chi connectivity index (χ1v) is 10.7. The van der Waals surface area contributed by atoms with E-state index in [1.165, 1.54) is 35.1 Å². The Hall–Kier alpha value is -2.65. The van der Waals surface area contributed by atoms with E-state index >= 15 is 0 Å². The van der Waals surface area contributed by atoms with Gasteiger partial charge in [0.05, 0.1) is 16.7 Å². The van der Waals surface area contributed by atoms with E-state index in [-0.39, 0.29) is 11.8 Å². The van der Waals surface area contributed by atoms with Crippen LogP contribution in [0.5, 0.6) is 0 Å². The van der Waals surface area contributed by atoms with Gasteiger partial charge in [0.15, 0.2) is 0 Å². The van der Waals surface area contributed by atoms with Crippen LogP contribution in [-0.2, 0) is 12.8 Å². The Morgan fingerprint density at radius 2 is 1.71 bits per heavy atom. The second kappa shape index (κ2) is 8.15. The summed E-state index contributed by atoms with van der Waals surface area (Å²) in [4.78, 5) is 31.0. The van der Waals surface area contributed by atoms with E-state index in [1.54, 1.807) is 24.3 Å². The lowest BCUT2D eigenvalue weighted by molar-refractivity contribution is 0.0664. The maximum atomic E-state index is 12.5. The first-order valence-electron chi connectivity index (χ1n) is 9.70. The third-order valence-corrected chi connectivity index (χ3v) is 6.29. The molecule has 1 aliphatic heterocycles. The molecule has 142 valence electrons. The predicted molar refractivity (Wildman–Crippen MR) is 107 cm³/mol. The van der Waals surface area contributed by atoms with Crippen LogP contribution in [0.25, 0.3) is 0 Å². The van der Waals surface area contributed by atoms with Gasteiger partial charge in [0.1, 0.15) is 11.1 Å². The molecule has 0 saturated heterocycles. The fraction of sp³-hybridized carbons (Fsp3) is 0.364. The summed E-state index contributed by atoms with van der Waals surface area (Å²) in [6, 6.07) is 11.2. The van der Waals surface area contributed by atoms with Gasteiger partial charge in [0.2, 0.25) is 0 Å². The molecule has 0 spiro atoms. The number of carbonyl (C=O) groups excluding carboxylic acids is 2. The minimum absolute atomic E-state index is 0.243. The molecular formula is C22H21N3O2S. The summed E-state index contributed by atoms with van der Waals surface area (Å²) < 4.78 is 0. The van der Waals surface area contributed by atoms with Crippen LogP contribution in [0.3, 0.4) is 0 Å². The van der Waals surface area contributed by atoms with Crippen LogP contribution in [-0.4, -0.2) is 34.0 Å². The summed E-state index contributed by atoms with van der Waals surface area (Å²) in [7, 11) is 0. The number of hydrogen-bond donors (Lipinski definition) is 0. The number of thioether (sulfide) groups is 1. The van der Waals surface area contributed by atoms with Crippen LogP contribution < -0.4 is 0 Å². The number of nitriles is 1. The number of fused-ring (bicyclic) bond motifs is 2. The molecular weight excluding hydrogens is 370 g/mol. The molecule has 0 unspecified atom stereocenters. The van der Waals surface area contributed by atoms with E-state index in [4.69, 9.17) is 4.98 Å². The number of amides is 2. The first-order chi connectivity index (χ1) is 13.7. The molecule has 0 fully saturated rings. The molecule has 1 aliphatic carbocycles. The molecule has 0 bridgehead atoms.